The van der Waals surface area contributed by atoms with E-state index in [1.165, 1.54) is 10.5 Å². The van der Waals surface area contributed by atoms with Crippen LogP contribution in [0.2, 0.25) is 0 Å². The predicted molar refractivity (Wildman–Crippen MR) is 82.7 cm³/mol. The number of hydrogen-bond donors (Lipinski definition) is 1. The van der Waals surface area contributed by atoms with Gasteiger partial charge in [-0.25, -0.2) is 0 Å². The summed E-state index contributed by atoms with van der Waals surface area (Å²) in [6.07, 6.45) is 0.920. The van der Waals surface area contributed by atoms with Crippen molar-refractivity contribution >= 4 is 17.6 Å². The Morgan fingerprint density at radius 3 is 2.50 bits per heavy atom. The molecule has 2 amide bonds. The molecular formula is C16H19N3O3. The molecule has 1 aromatic carbocycles. The Labute approximate surface area is 129 Å². The highest BCUT2D eigenvalue weighted by molar-refractivity contribution is 5.98. The van der Waals surface area contributed by atoms with Crippen LogP contribution in [-0.2, 0) is 11.2 Å². The molecular weight excluding hydrogens is 282 g/mol. The van der Waals surface area contributed by atoms with Gasteiger partial charge in [0.25, 0.3) is 5.91 Å². The first-order valence-electron chi connectivity index (χ1n) is 7.07. The van der Waals surface area contributed by atoms with Gasteiger partial charge in [0.15, 0.2) is 5.82 Å². The lowest BCUT2D eigenvalue weighted by Crippen LogP contribution is -2.35. The van der Waals surface area contributed by atoms with Crippen LogP contribution in [0, 0.1) is 6.92 Å². The summed E-state index contributed by atoms with van der Waals surface area (Å²) in [5.74, 6) is 0.426. The number of nitrogens with zero attached hydrogens (tertiary/aromatic N) is 2. The second kappa shape index (κ2) is 6.89. The average molecular weight is 301 g/mol. The van der Waals surface area contributed by atoms with Gasteiger partial charge in [-0.1, -0.05) is 24.2 Å². The summed E-state index contributed by atoms with van der Waals surface area (Å²) in [5, 5.41) is 6.26. The molecule has 0 bridgehead atoms. The first-order valence-corrected chi connectivity index (χ1v) is 7.07. The molecule has 0 spiro atoms. The van der Waals surface area contributed by atoms with E-state index in [1.807, 2.05) is 12.1 Å². The van der Waals surface area contributed by atoms with Crippen molar-refractivity contribution in [2.75, 3.05) is 18.9 Å². The van der Waals surface area contributed by atoms with E-state index >= 15 is 0 Å². The normalized spacial score (nSPS) is 10.3. The van der Waals surface area contributed by atoms with Gasteiger partial charge < -0.3 is 14.7 Å². The molecule has 1 heterocycles. The van der Waals surface area contributed by atoms with Gasteiger partial charge in [-0.15, -0.1) is 0 Å². The molecule has 6 heteroatoms. The van der Waals surface area contributed by atoms with E-state index in [4.69, 9.17) is 4.52 Å². The van der Waals surface area contributed by atoms with Crippen LogP contribution in [0.4, 0.5) is 5.82 Å². The van der Waals surface area contributed by atoms with Crippen LogP contribution in [0.5, 0.6) is 0 Å². The smallest absolute Gasteiger partial charge is 0.254 e. The minimum absolute atomic E-state index is 0.0553. The summed E-state index contributed by atoms with van der Waals surface area (Å²) in [6.45, 7) is 3.73. The molecule has 0 atom stereocenters. The third-order valence-corrected chi connectivity index (χ3v) is 3.23. The second-order valence-electron chi connectivity index (χ2n) is 5.08. The maximum atomic E-state index is 12.2. The van der Waals surface area contributed by atoms with Gasteiger partial charge in [-0.2, -0.15) is 0 Å². The Balaban J connectivity index is 1.93. The van der Waals surface area contributed by atoms with Crippen LogP contribution in [0.15, 0.2) is 34.9 Å². The first-order chi connectivity index (χ1) is 10.5. The summed E-state index contributed by atoms with van der Waals surface area (Å²) in [6, 6.07) is 8.99. The summed E-state index contributed by atoms with van der Waals surface area (Å²) in [7, 11) is 1.59. The Morgan fingerprint density at radius 2 is 1.95 bits per heavy atom. The first kappa shape index (κ1) is 15.8. The van der Waals surface area contributed by atoms with E-state index in [-0.39, 0.29) is 18.4 Å². The fourth-order valence-electron chi connectivity index (χ4n) is 2.00. The van der Waals surface area contributed by atoms with Crippen molar-refractivity contribution in [1.82, 2.24) is 10.1 Å². The quantitative estimate of drug-likeness (QED) is 0.919. The monoisotopic (exact) mass is 301 g/mol. The number of nitrogens with one attached hydrogen (secondary N) is 1. The molecule has 116 valence electrons. The number of amides is 2. The summed E-state index contributed by atoms with van der Waals surface area (Å²) in [4.78, 5) is 25.5. The number of aromatic nitrogens is 1. The molecule has 0 aliphatic rings. The van der Waals surface area contributed by atoms with Gasteiger partial charge in [0.2, 0.25) is 5.91 Å². The molecule has 22 heavy (non-hydrogen) atoms. The molecule has 1 aromatic heterocycles. The van der Waals surface area contributed by atoms with Crippen molar-refractivity contribution in [3.05, 3.63) is 47.2 Å². The van der Waals surface area contributed by atoms with E-state index in [0.29, 0.717) is 17.1 Å². The fraction of sp³-hybridized carbons (Fsp3) is 0.312. The van der Waals surface area contributed by atoms with E-state index in [0.717, 1.165) is 6.42 Å². The third-order valence-electron chi connectivity index (χ3n) is 3.23. The van der Waals surface area contributed by atoms with E-state index in [9.17, 15) is 9.59 Å². The van der Waals surface area contributed by atoms with Crippen LogP contribution in [0.3, 0.4) is 0 Å². The minimum atomic E-state index is -0.325. The van der Waals surface area contributed by atoms with Crippen molar-refractivity contribution in [3.8, 4) is 0 Å². The van der Waals surface area contributed by atoms with Gasteiger partial charge in [0.05, 0.1) is 6.54 Å². The summed E-state index contributed by atoms with van der Waals surface area (Å²) < 4.78 is 4.86. The van der Waals surface area contributed by atoms with Crippen molar-refractivity contribution in [2.24, 2.45) is 0 Å². The second-order valence-corrected chi connectivity index (χ2v) is 5.08. The van der Waals surface area contributed by atoms with Crippen LogP contribution < -0.4 is 5.32 Å². The third kappa shape index (κ3) is 3.94. The molecule has 0 unspecified atom stereocenters. The van der Waals surface area contributed by atoms with Crippen LogP contribution in [0.1, 0.15) is 28.6 Å². The van der Waals surface area contributed by atoms with Gasteiger partial charge >= 0.3 is 0 Å². The molecule has 2 aromatic rings. The van der Waals surface area contributed by atoms with Gasteiger partial charge in [0, 0.05) is 18.7 Å². The van der Waals surface area contributed by atoms with Crippen molar-refractivity contribution in [2.45, 2.75) is 20.3 Å². The topological polar surface area (TPSA) is 75.4 Å². The predicted octanol–water partition coefficient (Wildman–Crippen LogP) is 2.26. The molecule has 0 fully saturated rings. The molecule has 1 N–H and O–H groups in total. The maximum absolute atomic E-state index is 12.2. The Kier molecular flexibility index (Phi) is 4.93. The van der Waals surface area contributed by atoms with Crippen molar-refractivity contribution in [1.29, 1.82) is 0 Å². The molecule has 0 aliphatic heterocycles. The molecule has 6 nitrogen and oxygen atoms in total. The van der Waals surface area contributed by atoms with Crippen LogP contribution in [-0.4, -0.2) is 35.5 Å². The van der Waals surface area contributed by atoms with E-state index in [1.54, 1.807) is 32.2 Å². The summed E-state index contributed by atoms with van der Waals surface area (Å²) >= 11 is 0. The lowest BCUT2D eigenvalue weighted by atomic mass is 10.1. The zero-order valence-electron chi connectivity index (χ0n) is 12.9. The standard InChI is InChI=1S/C16H19N3O3/c1-4-12-5-7-13(8-6-12)16(21)19(3)10-15(20)17-14-9-11(2)22-18-14/h5-9H,4,10H2,1-3H3,(H,17,18,20). The zero-order valence-corrected chi connectivity index (χ0v) is 12.9. The number of carbonyl (C=O) groups is 2. The number of benzene rings is 1. The number of anilines is 1. The van der Waals surface area contributed by atoms with Crippen LogP contribution in [0.25, 0.3) is 0 Å². The number of likely N-dealkylation sites (N-methyl/N-ethyl adjacent to an activating group) is 1. The van der Waals surface area contributed by atoms with E-state index < -0.39 is 0 Å². The molecule has 0 aliphatic carbocycles. The Morgan fingerprint density at radius 1 is 1.27 bits per heavy atom. The molecule has 0 saturated heterocycles. The highest BCUT2D eigenvalue weighted by Gasteiger charge is 2.15. The Bertz CT molecular complexity index is 662. The highest BCUT2D eigenvalue weighted by Crippen LogP contribution is 2.09. The highest BCUT2D eigenvalue weighted by atomic mass is 16.5. The van der Waals surface area contributed by atoms with Gasteiger partial charge in [0.1, 0.15) is 5.76 Å². The largest absolute Gasteiger partial charge is 0.360 e. The number of rotatable bonds is 5. The van der Waals surface area contributed by atoms with Gasteiger partial charge in [-0.05, 0) is 31.0 Å². The van der Waals surface area contributed by atoms with Gasteiger partial charge in [-0.3, -0.25) is 9.59 Å². The molecule has 0 radical (unpaired) electrons. The Hall–Kier alpha value is -2.63. The SMILES string of the molecule is CCc1ccc(C(=O)N(C)CC(=O)Nc2cc(C)on2)cc1. The van der Waals surface area contributed by atoms with E-state index in [2.05, 4.69) is 17.4 Å². The fourth-order valence-corrected chi connectivity index (χ4v) is 2.00. The molecule has 2 rings (SSSR count). The number of aryl methyl sites for hydroxylation is 2. The maximum Gasteiger partial charge on any atom is 0.254 e. The lowest BCUT2D eigenvalue weighted by Gasteiger charge is -2.16. The minimum Gasteiger partial charge on any atom is -0.360 e. The number of carbonyl (C=O) groups excluding carboxylic acids is 2. The summed E-state index contributed by atoms with van der Waals surface area (Å²) in [5.41, 5.74) is 1.73. The lowest BCUT2D eigenvalue weighted by molar-refractivity contribution is -0.116. The zero-order chi connectivity index (χ0) is 16.1. The number of hydrogen-bond acceptors (Lipinski definition) is 4. The average Bonchev–Trinajstić information content (AvgIpc) is 2.91. The van der Waals surface area contributed by atoms with Crippen molar-refractivity contribution < 1.29 is 14.1 Å². The van der Waals surface area contributed by atoms with Crippen molar-refractivity contribution in [3.63, 3.8) is 0 Å². The van der Waals surface area contributed by atoms with Crippen LogP contribution >= 0.6 is 0 Å². The molecule has 0 saturated carbocycles.